The molecule has 0 heterocycles. The predicted molar refractivity (Wildman–Crippen MR) is 66.8 cm³/mol. The molecule has 2 heteroatoms. The van der Waals surface area contributed by atoms with Crippen LogP contribution in [0.25, 0.3) is 0 Å². The Hall–Kier alpha value is -1.02. The Morgan fingerprint density at radius 2 is 2.00 bits per heavy atom. The molecule has 0 atom stereocenters. The van der Waals surface area contributed by atoms with Gasteiger partial charge in [-0.15, -0.1) is 0 Å². The van der Waals surface area contributed by atoms with Crippen molar-refractivity contribution in [1.29, 1.82) is 0 Å². The first-order valence-electron chi connectivity index (χ1n) is 5.33. The van der Waals surface area contributed by atoms with Gasteiger partial charge in [-0.2, -0.15) is 0 Å². The molecule has 0 aliphatic heterocycles. The van der Waals surface area contributed by atoms with E-state index in [0.717, 1.165) is 30.9 Å². The van der Waals surface area contributed by atoms with Gasteiger partial charge in [-0.05, 0) is 46.5 Å². The molecular weight excluding hydrogens is 186 g/mol. The van der Waals surface area contributed by atoms with Crippen molar-refractivity contribution in [1.82, 2.24) is 4.90 Å². The van der Waals surface area contributed by atoms with Crippen molar-refractivity contribution in [3.8, 4) is 0 Å². The maximum atomic E-state index is 5.60. The monoisotopic (exact) mass is 209 g/mol. The molecule has 0 aromatic carbocycles. The van der Waals surface area contributed by atoms with Crippen molar-refractivity contribution < 1.29 is 4.74 Å². The van der Waals surface area contributed by atoms with Crippen LogP contribution < -0.4 is 0 Å². The number of hydrogen-bond acceptors (Lipinski definition) is 2. The highest BCUT2D eigenvalue weighted by atomic mass is 16.5. The van der Waals surface area contributed by atoms with Gasteiger partial charge in [0, 0.05) is 6.54 Å². The van der Waals surface area contributed by atoms with Crippen molar-refractivity contribution in [2.24, 2.45) is 0 Å². The van der Waals surface area contributed by atoms with Gasteiger partial charge in [0.15, 0.2) is 0 Å². The van der Waals surface area contributed by atoms with E-state index in [0.29, 0.717) is 0 Å². The molecule has 0 aromatic heterocycles. The van der Waals surface area contributed by atoms with E-state index in [9.17, 15) is 0 Å². The fourth-order valence-electron chi connectivity index (χ4n) is 1.02. The molecule has 0 spiro atoms. The van der Waals surface area contributed by atoms with Crippen LogP contribution in [0.2, 0.25) is 0 Å². The van der Waals surface area contributed by atoms with Crippen LogP contribution in [0.15, 0.2) is 36.1 Å². The second kappa shape index (κ2) is 8.30. The van der Waals surface area contributed by atoms with Gasteiger partial charge in [0.05, 0.1) is 6.61 Å². The largest absolute Gasteiger partial charge is 0.494 e. The number of hydrogen-bond donors (Lipinski definition) is 0. The van der Waals surface area contributed by atoms with Crippen molar-refractivity contribution in [3.63, 3.8) is 0 Å². The van der Waals surface area contributed by atoms with E-state index < -0.39 is 0 Å². The van der Waals surface area contributed by atoms with Crippen molar-refractivity contribution in [2.75, 3.05) is 27.2 Å². The Bertz CT molecular complexity index is 239. The zero-order chi connectivity index (χ0) is 11.7. The van der Waals surface area contributed by atoms with Gasteiger partial charge in [0.25, 0.3) is 0 Å². The molecule has 2 nitrogen and oxygen atoms in total. The summed E-state index contributed by atoms with van der Waals surface area (Å²) in [6, 6.07) is 0. The van der Waals surface area contributed by atoms with E-state index in [-0.39, 0.29) is 0 Å². The minimum Gasteiger partial charge on any atom is -0.494 e. The molecule has 0 bridgehead atoms. The Kier molecular flexibility index (Phi) is 7.74. The maximum absolute atomic E-state index is 5.60. The average Bonchev–Trinajstić information content (AvgIpc) is 2.16. The minimum atomic E-state index is 0.762. The number of allylic oxidation sites excluding steroid dienone is 4. The zero-order valence-electron chi connectivity index (χ0n) is 10.4. The molecule has 0 saturated carbocycles. The summed E-state index contributed by atoms with van der Waals surface area (Å²) in [6.45, 7) is 9.57. The van der Waals surface area contributed by atoms with Gasteiger partial charge in [-0.1, -0.05) is 18.2 Å². The Labute approximate surface area is 93.9 Å². The highest BCUT2D eigenvalue weighted by molar-refractivity contribution is 5.20. The van der Waals surface area contributed by atoms with Crippen molar-refractivity contribution in [2.45, 2.75) is 20.3 Å². The van der Waals surface area contributed by atoms with Gasteiger partial charge >= 0.3 is 0 Å². The summed E-state index contributed by atoms with van der Waals surface area (Å²) >= 11 is 0. The van der Waals surface area contributed by atoms with Crippen LogP contribution in [0.1, 0.15) is 20.3 Å². The molecule has 0 aromatic rings. The highest BCUT2D eigenvalue weighted by Crippen LogP contribution is 2.03. The third-order valence-corrected chi connectivity index (χ3v) is 1.84. The van der Waals surface area contributed by atoms with Crippen LogP contribution in [-0.4, -0.2) is 32.1 Å². The molecule has 0 aliphatic rings. The molecule has 0 rings (SSSR count). The summed E-state index contributed by atoms with van der Waals surface area (Å²) < 4.78 is 5.60. The summed E-state index contributed by atoms with van der Waals surface area (Å²) in [6.07, 6.45) is 6.93. The third kappa shape index (κ3) is 9.29. The van der Waals surface area contributed by atoms with Crippen LogP contribution in [0, 0.1) is 0 Å². The lowest BCUT2D eigenvalue weighted by molar-refractivity contribution is 0.206. The van der Waals surface area contributed by atoms with E-state index in [1.165, 1.54) is 0 Å². The molecule has 0 unspecified atom stereocenters. The van der Waals surface area contributed by atoms with Crippen LogP contribution >= 0.6 is 0 Å². The first-order valence-corrected chi connectivity index (χ1v) is 5.33. The van der Waals surface area contributed by atoms with Gasteiger partial charge < -0.3 is 9.64 Å². The van der Waals surface area contributed by atoms with Gasteiger partial charge in [0.2, 0.25) is 0 Å². The van der Waals surface area contributed by atoms with Gasteiger partial charge in [-0.3, -0.25) is 0 Å². The molecular formula is C13H23NO. The molecule has 0 amide bonds. The van der Waals surface area contributed by atoms with E-state index in [4.69, 9.17) is 4.74 Å². The summed E-state index contributed by atoms with van der Waals surface area (Å²) in [7, 11) is 4.13. The van der Waals surface area contributed by atoms with Gasteiger partial charge in [0.1, 0.15) is 5.76 Å². The molecule has 0 N–H and O–H groups in total. The van der Waals surface area contributed by atoms with Crippen LogP contribution in [0.5, 0.6) is 0 Å². The second-order valence-electron chi connectivity index (χ2n) is 3.88. The Morgan fingerprint density at radius 3 is 2.47 bits per heavy atom. The van der Waals surface area contributed by atoms with Crippen LogP contribution in [0.4, 0.5) is 0 Å². The summed E-state index contributed by atoms with van der Waals surface area (Å²) in [5.41, 5.74) is 1.03. The lowest BCUT2D eigenvalue weighted by Crippen LogP contribution is -2.14. The molecule has 0 saturated heterocycles. The fraction of sp³-hybridized carbons (Fsp3) is 0.538. The Balaban J connectivity index is 3.78. The lowest BCUT2D eigenvalue weighted by Gasteiger charge is -2.10. The Morgan fingerprint density at radius 1 is 1.33 bits per heavy atom. The number of nitrogens with zero attached hydrogens (tertiary/aromatic N) is 1. The van der Waals surface area contributed by atoms with E-state index in [2.05, 4.69) is 25.6 Å². The standard InChI is InChI=1S/C13H23NO/c1-6-13(9-8-12(2)3)15-11-7-10-14(4)5/h6,8-9H,2,7,10-11H2,1,3-5H3/b9-8-,13-6+. The van der Waals surface area contributed by atoms with Crippen molar-refractivity contribution >= 4 is 0 Å². The summed E-state index contributed by atoms with van der Waals surface area (Å²) in [5.74, 6) is 0.914. The minimum absolute atomic E-state index is 0.762. The number of ether oxygens (including phenoxy) is 1. The quantitative estimate of drug-likeness (QED) is 0.363. The predicted octanol–water partition coefficient (Wildman–Crippen LogP) is 2.99. The van der Waals surface area contributed by atoms with Crippen LogP contribution in [0.3, 0.4) is 0 Å². The topological polar surface area (TPSA) is 12.5 Å². The van der Waals surface area contributed by atoms with Gasteiger partial charge in [-0.25, -0.2) is 0 Å². The smallest absolute Gasteiger partial charge is 0.115 e. The van der Waals surface area contributed by atoms with E-state index >= 15 is 0 Å². The zero-order valence-corrected chi connectivity index (χ0v) is 10.4. The fourth-order valence-corrected chi connectivity index (χ4v) is 1.02. The SMILES string of the molecule is C=C(C)/C=C\C(=C/C)OCCCN(C)C. The first-order chi connectivity index (χ1) is 7.06. The second-order valence-corrected chi connectivity index (χ2v) is 3.88. The van der Waals surface area contributed by atoms with E-state index in [1.54, 1.807) is 0 Å². The lowest BCUT2D eigenvalue weighted by atomic mass is 10.3. The average molecular weight is 209 g/mol. The normalized spacial score (nSPS) is 12.5. The summed E-state index contributed by atoms with van der Waals surface area (Å²) in [5, 5.41) is 0. The number of rotatable bonds is 7. The molecule has 15 heavy (non-hydrogen) atoms. The molecule has 0 fully saturated rings. The summed E-state index contributed by atoms with van der Waals surface area (Å²) in [4.78, 5) is 2.16. The molecule has 86 valence electrons. The maximum Gasteiger partial charge on any atom is 0.115 e. The third-order valence-electron chi connectivity index (χ3n) is 1.84. The molecule has 0 aliphatic carbocycles. The van der Waals surface area contributed by atoms with Crippen molar-refractivity contribution in [3.05, 3.63) is 36.1 Å². The highest BCUT2D eigenvalue weighted by Gasteiger charge is 1.93. The molecule has 0 radical (unpaired) electrons. The van der Waals surface area contributed by atoms with Crippen LogP contribution in [-0.2, 0) is 4.74 Å². The van der Waals surface area contributed by atoms with E-state index in [1.807, 2.05) is 32.1 Å². The first kappa shape index (κ1) is 14.0.